The molecule has 17 heavy (non-hydrogen) atoms. The average molecular weight is 282 g/mol. The number of hydrogen-bond acceptors (Lipinski definition) is 4. The van der Waals surface area contributed by atoms with E-state index in [1.54, 1.807) is 0 Å². The molecule has 0 aromatic carbocycles. The van der Waals surface area contributed by atoms with Crippen molar-refractivity contribution in [3.05, 3.63) is 0 Å². The molecule has 0 aromatic rings. The van der Waals surface area contributed by atoms with Crippen molar-refractivity contribution < 1.29 is 12.6 Å². The van der Waals surface area contributed by atoms with Crippen molar-refractivity contribution in [2.45, 2.75) is 19.8 Å². The molecule has 0 radical (unpaired) electrons. The van der Waals surface area contributed by atoms with Gasteiger partial charge in [0.05, 0.1) is 5.75 Å². The highest BCUT2D eigenvalue weighted by molar-refractivity contribution is 7.89. The molecule has 0 amide bonds. The third kappa shape index (κ3) is 6.49. The molecule has 2 atom stereocenters. The molecule has 1 saturated heterocycles. The molecule has 0 saturated carbocycles. The van der Waals surface area contributed by atoms with Gasteiger partial charge in [-0.25, -0.2) is 13.1 Å². The summed E-state index contributed by atoms with van der Waals surface area (Å²) in [6.07, 6.45) is 2.01. The van der Waals surface area contributed by atoms with Crippen molar-refractivity contribution in [2.24, 2.45) is 5.92 Å². The third-order valence-corrected chi connectivity index (χ3v) is 5.69. The molecule has 0 bridgehead atoms. The molecule has 102 valence electrons. The maximum atomic E-state index is 11.7. The van der Waals surface area contributed by atoms with E-state index in [-0.39, 0.29) is 18.2 Å². The van der Waals surface area contributed by atoms with Crippen molar-refractivity contribution in [3.63, 3.8) is 0 Å². The molecular formula is C10H22N2O3S2. The summed E-state index contributed by atoms with van der Waals surface area (Å²) in [6, 6.07) is 0. The lowest BCUT2D eigenvalue weighted by molar-refractivity contribution is 0.403. The van der Waals surface area contributed by atoms with Gasteiger partial charge in [-0.15, -0.1) is 0 Å². The molecule has 5 nitrogen and oxygen atoms in total. The highest BCUT2D eigenvalue weighted by Gasteiger charge is 2.20. The Hall–Kier alpha value is 0.0200. The maximum Gasteiger partial charge on any atom is 0.211 e. The van der Waals surface area contributed by atoms with Crippen LogP contribution < -0.4 is 10.0 Å². The summed E-state index contributed by atoms with van der Waals surface area (Å²) < 4.78 is 37.1. The molecule has 2 unspecified atom stereocenters. The molecule has 2 N–H and O–H groups in total. The molecule has 1 aliphatic rings. The number of rotatable bonds is 7. The molecule has 1 heterocycles. The molecular weight excluding hydrogens is 260 g/mol. The molecule has 1 fully saturated rings. The summed E-state index contributed by atoms with van der Waals surface area (Å²) in [6.45, 7) is 3.88. The Bertz CT molecular complexity index is 337. The summed E-state index contributed by atoms with van der Waals surface area (Å²) in [7, 11) is -4.12. The van der Waals surface area contributed by atoms with Gasteiger partial charge in [0.25, 0.3) is 0 Å². The lowest BCUT2D eigenvalue weighted by Gasteiger charge is -2.22. The van der Waals surface area contributed by atoms with E-state index >= 15 is 0 Å². The Balaban J connectivity index is 2.27. The lowest BCUT2D eigenvalue weighted by atomic mass is 10.0. The molecule has 7 heteroatoms. The van der Waals surface area contributed by atoms with Crippen LogP contribution in [0.1, 0.15) is 19.8 Å². The topological polar surface area (TPSA) is 75.3 Å². The standard InChI is InChI=1S/C10H22N2O3S2/c1-2-16(13)7-6-12-17(14,15)9-10-4-3-5-11-8-10/h10-12H,2-9H2,1H3. The van der Waals surface area contributed by atoms with E-state index in [0.29, 0.717) is 11.5 Å². The quantitative estimate of drug-likeness (QED) is 0.671. The smallest absolute Gasteiger partial charge is 0.211 e. The Morgan fingerprint density at radius 3 is 2.82 bits per heavy atom. The highest BCUT2D eigenvalue weighted by Crippen LogP contribution is 2.11. The van der Waals surface area contributed by atoms with Crippen LogP contribution in [0.15, 0.2) is 0 Å². The fourth-order valence-electron chi connectivity index (χ4n) is 1.89. The summed E-state index contributed by atoms with van der Waals surface area (Å²) in [4.78, 5) is 0. The molecule has 0 aliphatic carbocycles. The second kappa shape index (κ2) is 7.45. The molecule has 0 aromatic heterocycles. The van der Waals surface area contributed by atoms with Crippen LogP contribution in [0.25, 0.3) is 0 Å². The Morgan fingerprint density at radius 1 is 1.47 bits per heavy atom. The first-order chi connectivity index (χ1) is 8.03. The first-order valence-electron chi connectivity index (χ1n) is 6.06. The normalized spacial score (nSPS) is 23.5. The average Bonchev–Trinajstić information content (AvgIpc) is 2.29. The van der Waals surface area contributed by atoms with Crippen molar-refractivity contribution >= 4 is 20.8 Å². The van der Waals surface area contributed by atoms with E-state index in [4.69, 9.17) is 0 Å². The number of sulfonamides is 1. The minimum absolute atomic E-state index is 0.179. The lowest BCUT2D eigenvalue weighted by Crippen LogP contribution is -2.38. The van der Waals surface area contributed by atoms with Crippen LogP contribution in [0, 0.1) is 5.92 Å². The van der Waals surface area contributed by atoms with Gasteiger partial charge in [0, 0.05) is 28.9 Å². The van der Waals surface area contributed by atoms with E-state index in [1.165, 1.54) is 0 Å². The monoisotopic (exact) mass is 282 g/mol. The molecule has 0 spiro atoms. The summed E-state index contributed by atoms with van der Waals surface area (Å²) in [5, 5.41) is 3.20. The van der Waals surface area contributed by atoms with Crippen molar-refractivity contribution in [1.82, 2.24) is 10.0 Å². The van der Waals surface area contributed by atoms with Gasteiger partial charge in [0.1, 0.15) is 0 Å². The van der Waals surface area contributed by atoms with Crippen molar-refractivity contribution in [1.29, 1.82) is 0 Å². The van der Waals surface area contributed by atoms with E-state index < -0.39 is 20.8 Å². The first kappa shape index (κ1) is 15.1. The number of hydrogen-bond donors (Lipinski definition) is 2. The summed E-state index contributed by atoms with van der Waals surface area (Å²) in [5.74, 6) is 1.36. The van der Waals surface area contributed by atoms with Gasteiger partial charge in [-0.1, -0.05) is 6.92 Å². The fraction of sp³-hybridized carbons (Fsp3) is 1.00. The number of piperidine rings is 1. The van der Waals surface area contributed by atoms with Gasteiger partial charge in [0.15, 0.2) is 0 Å². The van der Waals surface area contributed by atoms with Crippen LogP contribution in [0.3, 0.4) is 0 Å². The Kier molecular flexibility index (Phi) is 6.61. The largest absolute Gasteiger partial charge is 0.316 e. The Labute approximate surface area is 106 Å². The second-order valence-corrected chi connectivity index (χ2v) is 8.04. The zero-order valence-corrected chi connectivity index (χ0v) is 11.9. The first-order valence-corrected chi connectivity index (χ1v) is 9.20. The predicted octanol–water partition coefficient (Wildman–Crippen LogP) is -0.326. The van der Waals surface area contributed by atoms with Crippen molar-refractivity contribution in [2.75, 3.05) is 36.9 Å². The third-order valence-electron chi connectivity index (χ3n) is 2.83. The fourth-order valence-corrected chi connectivity index (χ4v) is 4.07. The van der Waals surface area contributed by atoms with Crippen LogP contribution in [0.4, 0.5) is 0 Å². The molecule has 1 aliphatic heterocycles. The van der Waals surface area contributed by atoms with Crippen molar-refractivity contribution in [3.8, 4) is 0 Å². The molecule has 1 rings (SSSR count). The van der Waals surface area contributed by atoms with Gasteiger partial charge < -0.3 is 5.32 Å². The SMILES string of the molecule is CCS(=O)CCNS(=O)(=O)CC1CCCNC1. The summed E-state index contributed by atoms with van der Waals surface area (Å²) in [5.41, 5.74) is 0. The minimum atomic E-state index is -3.21. The van der Waals surface area contributed by atoms with Crippen LogP contribution >= 0.6 is 0 Å². The predicted molar refractivity (Wildman–Crippen MR) is 70.9 cm³/mol. The van der Waals surface area contributed by atoms with E-state index in [0.717, 1.165) is 25.9 Å². The van der Waals surface area contributed by atoms with E-state index in [9.17, 15) is 12.6 Å². The van der Waals surface area contributed by atoms with Gasteiger partial charge in [-0.05, 0) is 31.8 Å². The maximum absolute atomic E-state index is 11.7. The van der Waals surface area contributed by atoms with E-state index in [2.05, 4.69) is 10.0 Å². The van der Waals surface area contributed by atoms with Crippen LogP contribution in [0.2, 0.25) is 0 Å². The van der Waals surface area contributed by atoms with Gasteiger partial charge >= 0.3 is 0 Å². The highest BCUT2D eigenvalue weighted by atomic mass is 32.2. The van der Waals surface area contributed by atoms with E-state index in [1.807, 2.05) is 6.92 Å². The number of nitrogens with one attached hydrogen (secondary N) is 2. The van der Waals surface area contributed by atoms with Gasteiger partial charge in [-0.3, -0.25) is 4.21 Å². The van der Waals surface area contributed by atoms with Crippen LogP contribution in [-0.2, 0) is 20.8 Å². The van der Waals surface area contributed by atoms with Crippen LogP contribution in [-0.4, -0.2) is 49.5 Å². The van der Waals surface area contributed by atoms with Gasteiger partial charge in [-0.2, -0.15) is 0 Å². The summed E-state index contributed by atoms with van der Waals surface area (Å²) >= 11 is 0. The zero-order valence-electron chi connectivity index (χ0n) is 10.3. The second-order valence-electron chi connectivity index (χ2n) is 4.32. The Morgan fingerprint density at radius 2 is 2.24 bits per heavy atom. The zero-order chi connectivity index (χ0) is 12.7. The minimum Gasteiger partial charge on any atom is -0.316 e. The van der Waals surface area contributed by atoms with Crippen LogP contribution in [0.5, 0.6) is 0 Å². The van der Waals surface area contributed by atoms with Gasteiger partial charge in [0.2, 0.25) is 10.0 Å².